The number of benzene rings is 3. The van der Waals surface area contributed by atoms with Crippen molar-refractivity contribution in [2.24, 2.45) is 0 Å². The molecule has 4 aromatic carbocycles. The predicted octanol–water partition coefficient (Wildman–Crippen LogP) is 3.48. The van der Waals surface area contributed by atoms with Gasteiger partial charge in [0.15, 0.2) is 5.43 Å². The van der Waals surface area contributed by atoms with Crippen molar-refractivity contribution in [3.8, 4) is 0 Å². The van der Waals surface area contributed by atoms with Crippen LogP contribution in [-0.2, 0) is 0 Å². The van der Waals surface area contributed by atoms with Crippen LogP contribution in [-0.4, -0.2) is 0 Å². The average molecular weight is 274 g/mol. The van der Waals surface area contributed by atoms with Crippen molar-refractivity contribution in [2.75, 3.05) is 0 Å². The van der Waals surface area contributed by atoms with E-state index in [0.717, 1.165) is 21.5 Å². The van der Waals surface area contributed by atoms with Gasteiger partial charge < -0.3 is 0 Å². The monoisotopic (exact) mass is 274 g/mol. The average Bonchev–Trinajstić information content (AvgIpc) is 2.76. The van der Waals surface area contributed by atoms with Crippen molar-refractivity contribution >= 4 is 27.6 Å². The lowest BCUT2D eigenvalue weighted by Crippen LogP contribution is -2.19. The zero-order valence-corrected chi connectivity index (χ0v) is 11.1. The predicted molar refractivity (Wildman–Crippen MR) is 84.1 cm³/mol. The van der Waals surface area contributed by atoms with E-state index in [-0.39, 0.29) is 11.2 Å². The summed E-state index contributed by atoms with van der Waals surface area (Å²) in [6.45, 7) is 0. The molecule has 2 heteroatoms. The molecule has 1 nitrogen and oxygen atoms in total. The van der Waals surface area contributed by atoms with Gasteiger partial charge in [0.25, 0.3) is 0 Å². The molecule has 4 aromatic rings. The van der Waals surface area contributed by atoms with Gasteiger partial charge in [-0.05, 0) is 34.5 Å². The maximum absolute atomic E-state index is 13.3. The molecule has 0 fully saturated rings. The molecule has 0 aromatic heterocycles. The van der Waals surface area contributed by atoms with Gasteiger partial charge in [-0.1, -0.05) is 48.5 Å². The summed E-state index contributed by atoms with van der Waals surface area (Å²) in [5, 5.41) is 4.34. The molecule has 0 heterocycles. The third-order valence-electron chi connectivity index (χ3n) is 3.84. The summed E-state index contributed by atoms with van der Waals surface area (Å²) in [7, 11) is 0. The first-order valence-electron chi connectivity index (χ1n) is 6.78. The smallest absolute Gasteiger partial charge is 0.194 e. The van der Waals surface area contributed by atoms with Crippen molar-refractivity contribution in [1.29, 1.82) is 0 Å². The summed E-state index contributed by atoms with van der Waals surface area (Å²) in [5.74, 6) is -0.300. The van der Waals surface area contributed by atoms with Gasteiger partial charge in [-0.15, -0.1) is 0 Å². The Morgan fingerprint density at radius 3 is 2.33 bits per heavy atom. The van der Waals surface area contributed by atoms with Crippen molar-refractivity contribution in [1.82, 2.24) is 0 Å². The third-order valence-corrected chi connectivity index (χ3v) is 3.84. The van der Waals surface area contributed by atoms with E-state index >= 15 is 0 Å². The highest BCUT2D eigenvalue weighted by atomic mass is 19.1. The van der Waals surface area contributed by atoms with Crippen LogP contribution in [0.1, 0.15) is 5.56 Å². The third kappa shape index (κ3) is 1.80. The Bertz CT molecular complexity index is 1060. The Hall–Kier alpha value is -2.74. The van der Waals surface area contributed by atoms with Crippen LogP contribution in [0.4, 0.5) is 4.39 Å². The van der Waals surface area contributed by atoms with E-state index in [9.17, 15) is 9.18 Å². The van der Waals surface area contributed by atoms with Crippen LogP contribution < -0.4 is 10.6 Å². The highest BCUT2D eigenvalue weighted by Gasteiger charge is 2.10. The molecule has 0 radical (unpaired) electrons. The van der Waals surface area contributed by atoms with Gasteiger partial charge in [0.2, 0.25) is 0 Å². The summed E-state index contributed by atoms with van der Waals surface area (Å²) in [4.78, 5) is 12.6. The van der Waals surface area contributed by atoms with Crippen LogP contribution in [0.2, 0.25) is 0 Å². The van der Waals surface area contributed by atoms with Crippen LogP contribution in [0.15, 0.2) is 65.5 Å². The summed E-state index contributed by atoms with van der Waals surface area (Å²) >= 11 is 0. The molecule has 0 aliphatic rings. The Kier molecular flexibility index (Phi) is 2.51. The lowest BCUT2D eigenvalue weighted by molar-refractivity contribution is 0.627. The van der Waals surface area contributed by atoms with Gasteiger partial charge in [0.1, 0.15) is 5.82 Å². The molecule has 0 saturated heterocycles. The normalized spacial score (nSPS) is 12.5. The van der Waals surface area contributed by atoms with Gasteiger partial charge in [-0.25, -0.2) is 4.39 Å². The molecule has 100 valence electrons. The van der Waals surface area contributed by atoms with Crippen molar-refractivity contribution in [3.63, 3.8) is 0 Å². The Morgan fingerprint density at radius 2 is 1.57 bits per heavy atom. The maximum atomic E-state index is 13.3. The quantitative estimate of drug-likeness (QED) is 0.519. The van der Waals surface area contributed by atoms with Crippen LogP contribution in [0, 0.1) is 5.82 Å². The van der Waals surface area contributed by atoms with Gasteiger partial charge in [0, 0.05) is 16.0 Å². The van der Waals surface area contributed by atoms with Crippen molar-refractivity contribution < 1.29 is 4.39 Å². The molecule has 0 atom stereocenters. The number of hydrogen-bond acceptors (Lipinski definition) is 1. The van der Waals surface area contributed by atoms with E-state index in [1.807, 2.05) is 36.4 Å². The highest BCUT2D eigenvalue weighted by Crippen LogP contribution is 2.22. The summed E-state index contributed by atoms with van der Waals surface area (Å²) in [6.07, 6.45) is 1.76. The van der Waals surface area contributed by atoms with Crippen LogP contribution >= 0.6 is 0 Å². The minimum atomic E-state index is -0.300. The second kappa shape index (κ2) is 4.38. The van der Waals surface area contributed by atoms with E-state index in [2.05, 4.69) is 0 Å². The fourth-order valence-corrected chi connectivity index (χ4v) is 2.93. The number of rotatable bonds is 1. The number of halogens is 1. The van der Waals surface area contributed by atoms with Gasteiger partial charge in [-0.2, -0.15) is 0 Å². The summed E-state index contributed by atoms with van der Waals surface area (Å²) < 4.78 is 13.3. The molecular formula is C19H11FO. The molecule has 4 rings (SSSR count). The zero-order chi connectivity index (χ0) is 14.4. The summed E-state index contributed by atoms with van der Waals surface area (Å²) in [5.41, 5.74) is 0.703. The van der Waals surface area contributed by atoms with Gasteiger partial charge in [0.05, 0.1) is 0 Å². The lowest BCUT2D eigenvalue weighted by Gasteiger charge is -1.96. The fraction of sp³-hybridized carbons (Fsp3) is 0. The fourth-order valence-electron chi connectivity index (χ4n) is 2.93. The molecule has 0 amide bonds. The lowest BCUT2D eigenvalue weighted by atomic mass is 10.1. The van der Waals surface area contributed by atoms with E-state index in [0.29, 0.717) is 10.8 Å². The first kappa shape index (κ1) is 12.0. The Morgan fingerprint density at radius 1 is 0.857 bits per heavy atom. The minimum Gasteiger partial charge on any atom is -0.289 e. The second-order valence-electron chi connectivity index (χ2n) is 5.15. The zero-order valence-electron chi connectivity index (χ0n) is 11.1. The minimum absolute atomic E-state index is 0.00561. The van der Waals surface area contributed by atoms with Crippen LogP contribution in [0.25, 0.3) is 27.6 Å². The molecule has 0 unspecified atom stereocenters. The SMILES string of the molecule is O=c1c(=Cc2cccc(F)c2)c2cccc3cccc1c32. The van der Waals surface area contributed by atoms with Gasteiger partial charge in [-0.3, -0.25) is 4.79 Å². The maximum Gasteiger partial charge on any atom is 0.194 e. The standard InChI is InChI=1S/C19H11FO/c20-14-7-1-4-12(10-14)11-17-15-8-2-5-13-6-3-9-16(18(13)15)19(17)21/h1-11H. The van der Waals surface area contributed by atoms with Crippen LogP contribution in [0.3, 0.4) is 0 Å². The molecule has 0 aliphatic carbocycles. The van der Waals surface area contributed by atoms with Crippen LogP contribution in [0.5, 0.6) is 0 Å². The van der Waals surface area contributed by atoms with E-state index in [1.54, 1.807) is 18.2 Å². The van der Waals surface area contributed by atoms with E-state index < -0.39 is 0 Å². The second-order valence-corrected chi connectivity index (χ2v) is 5.15. The van der Waals surface area contributed by atoms with Gasteiger partial charge >= 0.3 is 0 Å². The first-order chi connectivity index (χ1) is 10.2. The summed E-state index contributed by atoms with van der Waals surface area (Å²) in [6, 6.07) is 17.9. The van der Waals surface area contributed by atoms with E-state index in [1.165, 1.54) is 12.1 Å². The molecule has 0 spiro atoms. The molecule has 21 heavy (non-hydrogen) atoms. The Balaban J connectivity index is 2.17. The Labute approximate surface area is 120 Å². The molecule has 0 N–H and O–H groups in total. The molecule has 0 bridgehead atoms. The highest BCUT2D eigenvalue weighted by molar-refractivity contribution is 6.12. The molecule has 0 saturated carbocycles. The topological polar surface area (TPSA) is 17.1 Å². The largest absolute Gasteiger partial charge is 0.289 e. The first-order valence-corrected chi connectivity index (χ1v) is 6.78. The van der Waals surface area contributed by atoms with E-state index in [4.69, 9.17) is 0 Å². The number of hydrogen-bond donors (Lipinski definition) is 0. The molecular weight excluding hydrogens is 263 g/mol. The molecule has 0 aliphatic heterocycles. The van der Waals surface area contributed by atoms with Crippen molar-refractivity contribution in [2.45, 2.75) is 0 Å². The van der Waals surface area contributed by atoms with Crippen molar-refractivity contribution in [3.05, 3.63) is 87.5 Å².